The molecule has 0 radical (unpaired) electrons. The molecule has 0 spiro atoms. The Morgan fingerprint density at radius 2 is 0.470 bits per heavy atom. The van der Waals surface area contributed by atoms with E-state index in [2.05, 4.69) is 203 Å². The van der Waals surface area contributed by atoms with Gasteiger partial charge in [-0.05, 0) is 141 Å². The second-order valence-corrected chi connectivity index (χ2v) is 21.3. The molecule has 0 N–H and O–H groups in total. The van der Waals surface area contributed by atoms with Gasteiger partial charge in [-0.1, -0.05) is 287 Å². The van der Waals surface area contributed by atoms with Crippen LogP contribution >= 0.6 is 0 Å². The van der Waals surface area contributed by atoms with Gasteiger partial charge in [-0.3, -0.25) is 14.4 Å². The summed E-state index contributed by atoms with van der Waals surface area (Å²) in [5.74, 6) is -0.959. The molecule has 6 nitrogen and oxygen atoms in total. The maximum atomic E-state index is 12.8. The van der Waals surface area contributed by atoms with E-state index < -0.39 is 6.10 Å². The van der Waals surface area contributed by atoms with E-state index in [0.717, 1.165) is 173 Å². The lowest BCUT2D eigenvalue weighted by Crippen LogP contribution is -2.30. The second kappa shape index (κ2) is 69.0. The van der Waals surface area contributed by atoms with Gasteiger partial charge in [-0.15, -0.1) is 0 Å². The van der Waals surface area contributed by atoms with Gasteiger partial charge < -0.3 is 14.2 Å². The molecule has 83 heavy (non-hydrogen) atoms. The zero-order chi connectivity index (χ0) is 59.9. The molecule has 0 rings (SSSR count). The molecule has 0 aliphatic carbocycles. The summed E-state index contributed by atoms with van der Waals surface area (Å²) >= 11 is 0. The first-order chi connectivity index (χ1) is 41.0. The quantitative estimate of drug-likeness (QED) is 0.0261. The van der Waals surface area contributed by atoms with Crippen molar-refractivity contribution in [3.63, 3.8) is 0 Å². The minimum absolute atomic E-state index is 0.101. The number of allylic oxidation sites excluding steroid dienone is 30. The van der Waals surface area contributed by atoms with Crippen LogP contribution in [0.25, 0.3) is 0 Å². The van der Waals surface area contributed by atoms with E-state index in [1.807, 2.05) is 0 Å². The first-order valence-corrected chi connectivity index (χ1v) is 33.3. The van der Waals surface area contributed by atoms with E-state index in [1.54, 1.807) is 0 Å². The molecule has 0 aromatic rings. The fourth-order valence-corrected chi connectivity index (χ4v) is 8.50. The fourth-order valence-electron chi connectivity index (χ4n) is 8.50. The van der Waals surface area contributed by atoms with Crippen LogP contribution in [-0.4, -0.2) is 37.2 Å². The molecule has 0 saturated heterocycles. The number of carbonyl (C=O) groups is 3. The predicted molar refractivity (Wildman–Crippen MR) is 361 cm³/mol. The Labute approximate surface area is 510 Å². The van der Waals surface area contributed by atoms with Gasteiger partial charge in [0.15, 0.2) is 6.10 Å². The largest absolute Gasteiger partial charge is 0.462 e. The maximum absolute atomic E-state index is 12.8. The molecule has 464 valence electrons. The highest BCUT2D eigenvalue weighted by Crippen LogP contribution is 2.14. The third-order valence-electron chi connectivity index (χ3n) is 13.4. The van der Waals surface area contributed by atoms with Gasteiger partial charge in [0.2, 0.25) is 0 Å². The van der Waals surface area contributed by atoms with Crippen molar-refractivity contribution in [1.82, 2.24) is 0 Å². The summed E-state index contributed by atoms with van der Waals surface area (Å²) in [6.07, 6.45) is 104. The van der Waals surface area contributed by atoms with Gasteiger partial charge in [0.05, 0.1) is 0 Å². The standard InChI is InChI=1S/C77H120O6/c1-4-7-10-13-15-17-19-21-23-25-27-29-31-33-34-35-36-37-38-39-40-41-42-44-45-47-49-51-53-55-57-59-61-64-67-70-76(79)82-73-74(72-81-75(78)69-66-63-12-9-6-3)83-77(80)71-68-65-62-60-58-56-54-52-50-48-46-43-32-30-28-26-24-22-20-18-16-14-11-8-5-2/h7-8,10-11,15-18,21-24,27-30,33-34,36-37,39-40,42-44,46,50,52,56,58,74H,4-6,9,12-14,19-20,25-26,31-32,35,38,41,45,47-49,51,53-55,57,59-73H2,1-3H3/b10-7-,11-8-,17-15-,18-16-,23-21-,24-22-,29-27-,30-28-,34-33-,37-36-,40-39-,44-42-,46-43-,52-50-,58-56-. The molecular weight excluding hydrogens is 1020 g/mol. The fraction of sp³-hybridized carbons (Fsp3) is 0.571. The summed E-state index contributed by atoms with van der Waals surface area (Å²) in [5.41, 5.74) is 0. The second-order valence-electron chi connectivity index (χ2n) is 21.3. The van der Waals surface area contributed by atoms with Crippen molar-refractivity contribution in [3.05, 3.63) is 182 Å². The predicted octanol–water partition coefficient (Wildman–Crippen LogP) is 23.2. The van der Waals surface area contributed by atoms with Crippen LogP contribution in [0.5, 0.6) is 0 Å². The monoisotopic (exact) mass is 1140 g/mol. The van der Waals surface area contributed by atoms with Crippen LogP contribution in [0.3, 0.4) is 0 Å². The summed E-state index contributed by atoms with van der Waals surface area (Å²) in [7, 11) is 0. The number of ether oxygens (including phenoxy) is 3. The van der Waals surface area contributed by atoms with Crippen LogP contribution in [0.4, 0.5) is 0 Å². The Morgan fingerprint density at radius 1 is 0.253 bits per heavy atom. The van der Waals surface area contributed by atoms with E-state index in [0.29, 0.717) is 19.3 Å². The maximum Gasteiger partial charge on any atom is 0.306 e. The lowest BCUT2D eigenvalue weighted by Gasteiger charge is -2.18. The highest BCUT2D eigenvalue weighted by Gasteiger charge is 2.19. The van der Waals surface area contributed by atoms with Gasteiger partial charge >= 0.3 is 17.9 Å². The van der Waals surface area contributed by atoms with Gasteiger partial charge in [0, 0.05) is 19.3 Å². The SMILES string of the molecule is CC/C=C\C/C=C\C/C=C\C/C=C\C/C=C\C/C=C\C/C=C\C/C=C\CCCCCCCCCCCCC(=O)OCC(COC(=O)CCCCCCC)OC(=O)CCCCC/C=C\C/C=C\C/C=C\C/C=C\C/C=C\C/C=C\C/C=C\CC. The molecule has 1 atom stereocenters. The number of hydrogen-bond donors (Lipinski definition) is 0. The van der Waals surface area contributed by atoms with E-state index in [9.17, 15) is 14.4 Å². The number of esters is 3. The summed E-state index contributed by atoms with van der Waals surface area (Å²) in [4.78, 5) is 38.0. The molecule has 6 heteroatoms. The van der Waals surface area contributed by atoms with E-state index >= 15 is 0 Å². The topological polar surface area (TPSA) is 78.9 Å². The molecule has 0 amide bonds. The van der Waals surface area contributed by atoms with Crippen molar-refractivity contribution in [2.45, 2.75) is 271 Å². The average Bonchev–Trinajstić information content (AvgIpc) is 3.49. The normalized spacial score (nSPS) is 13.3. The van der Waals surface area contributed by atoms with Crippen LogP contribution in [0, 0.1) is 0 Å². The number of carbonyl (C=O) groups excluding carboxylic acids is 3. The van der Waals surface area contributed by atoms with Crippen LogP contribution in [-0.2, 0) is 28.6 Å². The Kier molecular flexibility index (Phi) is 64.4. The van der Waals surface area contributed by atoms with E-state index in [4.69, 9.17) is 14.2 Å². The zero-order valence-corrected chi connectivity index (χ0v) is 53.1. The summed E-state index contributed by atoms with van der Waals surface area (Å²) in [5, 5.41) is 0. The average molecular weight is 1140 g/mol. The third kappa shape index (κ3) is 67.2. The van der Waals surface area contributed by atoms with Gasteiger partial charge in [-0.2, -0.15) is 0 Å². The minimum atomic E-state index is -0.804. The lowest BCUT2D eigenvalue weighted by atomic mass is 10.1. The van der Waals surface area contributed by atoms with Crippen molar-refractivity contribution >= 4 is 17.9 Å². The van der Waals surface area contributed by atoms with Crippen molar-refractivity contribution in [2.75, 3.05) is 13.2 Å². The molecule has 0 aromatic carbocycles. The molecule has 0 aromatic heterocycles. The van der Waals surface area contributed by atoms with Crippen molar-refractivity contribution < 1.29 is 28.6 Å². The zero-order valence-electron chi connectivity index (χ0n) is 53.1. The molecule has 0 bridgehead atoms. The first-order valence-electron chi connectivity index (χ1n) is 33.3. The van der Waals surface area contributed by atoms with Crippen LogP contribution < -0.4 is 0 Å². The number of rotatable bonds is 58. The lowest BCUT2D eigenvalue weighted by molar-refractivity contribution is -0.167. The molecule has 0 aliphatic heterocycles. The molecule has 0 saturated carbocycles. The van der Waals surface area contributed by atoms with Crippen molar-refractivity contribution in [2.24, 2.45) is 0 Å². The third-order valence-corrected chi connectivity index (χ3v) is 13.4. The Morgan fingerprint density at radius 3 is 0.747 bits per heavy atom. The summed E-state index contributed by atoms with van der Waals surface area (Å²) in [6.45, 7) is 6.28. The summed E-state index contributed by atoms with van der Waals surface area (Å²) in [6, 6.07) is 0. The van der Waals surface area contributed by atoms with Crippen molar-refractivity contribution in [3.8, 4) is 0 Å². The van der Waals surface area contributed by atoms with Crippen LogP contribution in [0.2, 0.25) is 0 Å². The highest BCUT2D eigenvalue weighted by molar-refractivity contribution is 5.71. The highest BCUT2D eigenvalue weighted by atomic mass is 16.6. The molecular formula is C77H120O6. The number of unbranched alkanes of at least 4 members (excludes halogenated alkanes) is 17. The first kappa shape index (κ1) is 77.5. The smallest absolute Gasteiger partial charge is 0.306 e. The Balaban J connectivity index is 4.13. The molecule has 0 aliphatic rings. The van der Waals surface area contributed by atoms with Gasteiger partial charge in [0.1, 0.15) is 13.2 Å². The van der Waals surface area contributed by atoms with Gasteiger partial charge in [0.25, 0.3) is 0 Å². The molecule has 0 fully saturated rings. The minimum Gasteiger partial charge on any atom is -0.462 e. The Bertz CT molecular complexity index is 1940. The summed E-state index contributed by atoms with van der Waals surface area (Å²) < 4.78 is 16.7. The molecule has 0 heterocycles. The van der Waals surface area contributed by atoms with Crippen molar-refractivity contribution in [1.29, 1.82) is 0 Å². The van der Waals surface area contributed by atoms with Crippen LogP contribution in [0.1, 0.15) is 265 Å². The van der Waals surface area contributed by atoms with Crippen LogP contribution in [0.15, 0.2) is 182 Å². The number of hydrogen-bond acceptors (Lipinski definition) is 6. The van der Waals surface area contributed by atoms with E-state index in [-0.39, 0.29) is 37.5 Å². The van der Waals surface area contributed by atoms with Gasteiger partial charge in [-0.25, -0.2) is 0 Å². The Hall–Kier alpha value is -5.49. The van der Waals surface area contributed by atoms with E-state index in [1.165, 1.54) is 44.9 Å². The molecule has 1 unspecified atom stereocenters.